The molecule has 0 saturated heterocycles. The van der Waals surface area contributed by atoms with Gasteiger partial charge in [0, 0.05) is 17.7 Å². The van der Waals surface area contributed by atoms with Gasteiger partial charge in [0.2, 0.25) is 0 Å². The van der Waals surface area contributed by atoms with Crippen LogP contribution in [0.2, 0.25) is 0 Å². The third-order valence-electron chi connectivity index (χ3n) is 5.84. The van der Waals surface area contributed by atoms with Gasteiger partial charge in [-0.3, -0.25) is 0 Å². The molecule has 1 fully saturated rings. The summed E-state index contributed by atoms with van der Waals surface area (Å²) >= 11 is 0. The van der Waals surface area contributed by atoms with E-state index < -0.39 is 17.6 Å². The van der Waals surface area contributed by atoms with Crippen LogP contribution >= 0.6 is 0 Å². The van der Waals surface area contributed by atoms with Gasteiger partial charge in [0.25, 0.3) is 0 Å². The maximum absolute atomic E-state index is 13.9. The zero-order valence-corrected chi connectivity index (χ0v) is 16.6. The average Bonchev–Trinajstić information content (AvgIpc) is 2.69. The van der Waals surface area contributed by atoms with Crippen LogP contribution in [-0.2, 0) is 6.42 Å². The van der Waals surface area contributed by atoms with E-state index in [1.807, 2.05) is 12.1 Å². The molecule has 4 heteroatoms. The molecule has 1 aliphatic carbocycles. The van der Waals surface area contributed by atoms with Crippen molar-refractivity contribution >= 4 is 5.97 Å². The maximum Gasteiger partial charge on any atom is 0.343 e. The summed E-state index contributed by atoms with van der Waals surface area (Å²) in [6.45, 7) is 3.91. The first-order valence-electron chi connectivity index (χ1n) is 10.3. The molecule has 2 aromatic rings. The van der Waals surface area contributed by atoms with Crippen LogP contribution in [0.1, 0.15) is 79.8 Å². The van der Waals surface area contributed by atoms with Crippen LogP contribution in [0.15, 0.2) is 36.4 Å². The smallest absolute Gasteiger partial charge is 0.343 e. The lowest BCUT2D eigenvalue weighted by Gasteiger charge is -2.28. The number of esters is 1. The number of rotatable bonds is 6. The average molecular weight is 386 g/mol. The molecule has 150 valence electrons. The van der Waals surface area contributed by atoms with Crippen LogP contribution in [0.4, 0.5) is 8.78 Å². The van der Waals surface area contributed by atoms with Crippen molar-refractivity contribution in [3.63, 3.8) is 0 Å². The molecule has 0 heterocycles. The van der Waals surface area contributed by atoms with Crippen LogP contribution in [0.5, 0.6) is 5.75 Å². The summed E-state index contributed by atoms with van der Waals surface area (Å²) in [5, 5.41) is 0. The molecular weight excluding hydrogens is 358 g/mol. The molecule has 3 rings (SSSR count). The van der Waals surface area contributed by atoms with Crippen molar-refractivity contribution in [3.05, 3.63) is 64.7 Å². The second kappa shape index (κ2) is 9.31. The highest BCUT2D eigenvalue weighted by molar-refractivity contribution is 5.91. The molecule has 0 unspecified atom stereocenters. The Morgan fingerprint density at radius 3 is 2.14 bits per heavy atom. The van der Waals surface area contributed by atoms with Gasteiger partial charge in [-0.05, 0) is 61.6 Å². The molecule has 28 heavy (non-hydrogen) atoms. The summed E-state index contributed by atoms with van der Waals surface area (Å²) in [6, 6.07) is 9.54. The number of carbonyl (C=O) groups is 1. The Morgan fingerprint density at radius 1 is 1.00 bits per heavy atom. The summed E-state index contributed by atoms with van der Waals surface area (Å²) in [5.74, 6) is -0.714. The molecule has 0 radical (unpaired) electrons. The number of carbonyl (C=O) groups excluding carboxylic acids is 1. The van der Waals surface area contributed by atoms with Crippen molar-refractivity contribution in [2.75, 3.05) is 0 Å². The topological polar surface area (TPSA) is 26.3 Å². The highest BCUT2D eigenvalue weighted by Crippen LogP contribution is 2.37. The number of hydrogen-bond donors (Lipinski definition) is 0. The quantitative estimate of drug-likeness (QED) is 0.402. The van der Waals surface area contributed by atoms with E-state index in [9.17, 15) is 13.6 Å². The van der Waals surface area contributed by atoms with Crippen molar-refractivity contribution in [1.82, 2.24) is 0 Å². The number of halogens is 2. The Morgan fingerprint density at radius 2 is 1.61 bits per heavy atom. The van der Waals surface area contributed by atoms with Gasteiger partial charge in [-0.15, -0.1) is 0 Å². The van der Waals surface area contributed by atoms with E-state index in [2.05, 4.69) is 6.92 Å². The first-order chi connectivity index (χ1) is 13.5. The van der Waals surface area contributed by atoms with Crippen molar-refractivity contribution in [3.8, 4) is 5.75 Å². The lowest BCUT2D eigenvalue weighted by atomic mass is 9.77. The monoisotopic (exact) mass is 386 g/mol. The fourth-order valence-corrected chi connectivity index (χ4v) is 4.23. The minimum atomic E-state index is -0.695. The molecule has 0 bridgehead atoms. The Balaban J connectivity index is 1.63. The van der Waals surface area contributed by atoms with Crippen molar-refractivity contribution in [2.24, 2.45) is 5.92 Å². The molecule has 0 aliphatic heterocycles. The number of ether oxygens (including phenoxy) is 1. The van der Waals surface area contributed by atoms with Crippen molar-refractivity contribution in [1.29, 1.82) is 0 Å². The highest BCUT2D eigenvalue weighted by Gasteiger charge is 2.22. The minimum absolute atomic E-state index is 0.00203. The van der Waals surface area contributed by atoms with E-state index in [0.29, 0.717) is 11.5 Å². The molecule has 2 nitrogen and oxygen atoms in total. The van der Waals surface area contributed by atoms with E-state index in [1.54, 1.807) is 19.1 Å². The van der Waals surface area contributed by atoms with Gasteiger partial charge in [0.05, 0.1) is 5.56 Å². The molecule has 0 amide bonds. The fourth-order valence-electron chi connectivity index (χ4n) is 4.23. The Kier molecular flexibility index (Phi) is 6.82. The van der Waals surface area contributed by atoms with Crippen LogP contribution < -0.4 is 4.74 Å². The zero-order chi connectivity index (χ0) is 20.1. The van der Waals surface area contributed by atoms with E-state index in [1.165, 1.54) is 44.1 Å². The molecule has 2 aromatic carbocycles. The van der Waals surface area contributed by atoms with Gasteiger partial charge in [0.1, 0.15) is 17.4 Å². The SMILES string of the molecule is CCCC1CCC(c2ccc(C(=O)Oc3cc(F)c(CC)c(F)c3)cc2)CC1. The Bertz CT molecular complexity index is 783. The molecule has 0 spiro atoms. The van der Waals surface area contributed by atoms with Gasteiger partial charge < -0.3 is 4.74 Å². The van der Waals surface area contributed by atoms with Crippen molar-refractivity contribution in [2.45, 2.75) is 64.7 Å². The standard InChI is InChI=1S/C24H28F2O2/c1-3-5-16-6-8-17(9-7-16)18-10-12-19(13-11-18)24(27)28-20-14-22(25)21(4-2)23(26)15-20/h10-17H,3-9H2,1-2H3. The Labute approximate surface area is 165 Å². The Hall–Kier alpha value is -2.23. The fraction of sp³-hybridized carbons (Fsp3) is 0.458. The maximum atomic E-state index is 13.9. The van der Waals surface area contributed by atoms with E-state index in [-0.39, 0.29) is 17.7 Å². The summed E-state index contributed by atoms with van der Waals surface area (Å²) in [5.41, 5.74) is 1.62. The van der Waals surface area contributed by atoms with Crippen LogP contribution in [0.3, 0.4) is 0 Å². The molecule has 0 aromatic heterocycles. The van der Waals surface area contributed by atoms with Gasteiger partial charge >= 0.3 is 5.97 Å². The van der Waals surface area contributed by atoms with Gasteiger partial charge in [-0.2, -0.15) is 0 Å². The van der Waals surface area contributed by atoms with E-state index >= 15 is 0 Å². The van der Waals surface area contributed by atoms with E-state index in [4.69, 9.17) is 4.74 Å². The van der Waals surface area contributed by atoms with Gasteiger partial charge in [0.15, 0.2) is 0 Å². The first kappa shape index (κ1) is 20.5. The second-order valence-electron chi connectivity index (χ2n) is 7.74. The lowest BCUT2D eigenvalue weighted by Crippen LogP contribution is -2.14. The summed E-state index contributed by atoms with van der Waals surface area (Å²) < 4.78 is 32.9. The largest absolute Gasteiger partial charge is 0.423 e. The normalized spacial score (nSPS) is 19.4. The first-order valence-corrected chi connectivity index (χ1v) is 10.3. The molecular formula is C24H28F2O2. The van der Waals surface area contributed by atoms with Crippen LogP contribution in [0.25, 0.3) is 0 Å². The van der Waals surface area contributed by atoms with Gasteiger partial charge in [-0.25, -0.2) is 13.6 Å². The van der Waals surface area contributed by atoms with Gasteiger partial charge in [-0.1, -0.05) is 38.8 Å². The summed E-state index contributed by atoms with van der Waals surface area (Å²) in [6.07, 6.45) is 7.74. The van der Waals surface area contributed by atoms with Crippen LogP contribution in [-0.4, -0.2) is 5.97 Å². The highest BCUT2D eigenvalue weighted by atomic mass is 19.1. The molecule has 1 aliphatic rings. The third-order valence-corrected chi connectivity index (χ3v) is 5.84. The minimum Gasteiger partial charge on any atom is -0.423 e. The zero-order valence-electron chi connectivity index (χ0n) is 16.6. The second-order valence-corrected chi connectivity index (χ2v) is 7.74. The predicted octanol–water partition coefficient (Wildman–Crippen LogP) is 6.82. The molecule has 0 N–H and O–H groups in total. The number of benzene rings is 2. The van der Waals surface area contributed by atoms with E-state index in [0.717, 1.165) is 18.1 Å². The molecule has 1 saturated carbocycles. The number of hydrogen-bond acceptors (Lipinski definition) is 2. The summed E-state index contributed by atoms with van der Waals surface area (Å²) in [7, 11) is 0. The van der Waals surface area contributed by atoms with Crippen molar-refractivity contribution < 1.29 is 18.3 Å². The molecule has 0 atom stereocenters. The predicted molar refractivity (Wildman–Crippen MR) is 107 cm³/mol. The van der Waals surface area contributed by atoms with Crippen LogP contribution in [0, 0.1) is 17.6 Å². The third kappa shape index (κ3) is 4.78. The lowest BCUT2D eigenvalue weighted by molar-refractivity contribution is 0.0734. The summed E-state index contributed by atoms with van der Waals surface area (Å²) in [4.78, 5) is 12.3.